The molecule has 0 spiro atoms. The number of hydrogen-bond donors (Lipinski definition) is 2. The van der Waals surface area contributed by atoms with Crippen molar-refractivity contribution in [2.24, 2.45) is 0 Å². The molecule has 2 aromatic rings. The fourth-order valence-electron chi connectivity index (χ4n) is 2.31. The number of aryl methyl sites for hydroxylation is 2. The fourth-order valence-corrected chi connectivity index (χ4v) is 2.31. The predicted molar refractivity (Wildman–Crippen MR) is 92.3 cm³/mol. The highest BCUT2D eigenvalue weighted by atomic mass is 16.5. The van der Waals surface area contributed by atoms with E-state index in [-0.39, 0.29) is 11.8 Å². The minimum atomic E-state index is -0.306. The summed E-state index contributed by atoms with van der Waals surface area (Å²) in [5.74, 6) is -0.598. The van der Waals surface area contributed by atoms with Crippen LogP contribution < -0.4 is 10.6 Å². The molecule has 0 bridgehead atoms. The maximum Gasteiger partial charge on any atom is 0.257 e. The van der Waals surface area contributed by atoms with Gasteiger partial charge >= 0.3 is 0 Å². The van der Waals surface area contributed by atoms with E-state index in [0.717, 1.165) is 11.1 Å². The predicted octanol–water partition coefficient (Wildman–Crippen LogP) is 2.33. The number of carbonyl (C=O) groups is 2. The standard InChI is InChI=1S/C18H21N3O3/c1-12-6-13(2)8-16(7-12)21-18(23)15-9-14(10-19-11-15)17(22)20-4-5-24-3/h6-11H,4-5H2,1-3H3,(H,20,22)(H,21,23). The molecule has 0 radical (unpaired) electrons. The average Bonchev–Trinajstić information content (AvgIpc) is 2.54. The van der Waals surface area contributed by atoms with Gasteiger partial charge in [0.15, 0.2) is 0 Å². The monoisotopic (exact) mass is 327 g/mol. The van der Waals surface area contributed by atoms with E-state index in [1.54, 1.807) is 7.11 Å². The van der Waals surface area contributed by atoms with Crippen molar-refractivity contribution in [2.45, 2.75) is 13.8 Å². The van der Waals surface area contributed by atoms with E-state index in [4.69, 9.17) is 4.74 Å². The second kappa shape index (κ2) is 8.21. The first-order chi connectivity index (χ1) is 11.5. The van der Waals surface area contributed by atoms with Gasteiger partial charge in [0.2, 0.25) is 0 Å². The summed E-state index contributed by atoms with van der Waals surface area (Å²) in [6.45, 7) is 4.75. The van der Waals surface area contributed by atoms with E-state index in [9.17, 15) is 9.59 Å². The summed E-state index contributed by atoms with van der Waals surface area (Å²) in [6.07, 6.45) is 2.86. The zero-order valence-electron chi connectivity index (χ0n) is 14.1. The van der Waals surface area contributed by atoms with Crippen molar-refractivity contribution in [3.8, 4) is 0 Å². The SMILES string of the molecule is COCCNC(=O)c1cncc(C(=O)Nc2cc(C)cc(C)c2)c1. The minimum Gasteiger partial charge on any atom is -0.383 e. The van der Waals surface area contributed by atoms with Gasteiger partial charge < -0.3 is 15.4 Å². The molecule has 126 valence electrons. The third-order valence-electron chi connectivity index (χ3n) is 3.33. The quantitative estimate of drug-likeness (QED) is 0.798. The number of aromatic nitrogens is 1. The number of benzene rings is 1. The first-order valence-corrected chi connectivity index (χ1v) is 7.61. The van der Waals surface area contributed by atoms with Crippen LogP contribution in [0.4, 0.5) is 5.69 Å². The molecule has 0 aliphatic rings. The van der Waals surface area contributed by atoms with Crippen LogP contribution in [0, 0.1) is 13.8 Å². The van der Waals surface area contributed by atoms with Gasteiger partial charge in [-0.2, -0.15) is 0 Å². The van der Waals surface area contributed by atoms with E-state index in [0.29, 0.717) is 30.0 Å². The second-order valence-corrected chi connectivity index (χ2v) is 5.54. The summed E-state index contributed by atoms with van der Waals surface area (Å²) in [5.41, 5.74) is 3.50. The molecule has 1 aromatic carbocycles. The van der Waals surface area contributed by atoms with Crippen molar-refractivity contribution in [1.82, 2.24) is 10.3 Å². The van der Waals surface area contributed by atoms with Crippen LogP contribution in [0.15, 0.2) is 36.7 Å². The molecule has 0 saturated carbocycles. The van der Waals surface area contributed by atoms with Crippen molar-refractivity contribution in [2.75, 3.05) is 25.6 Å². The molecule has 0 saturated heterocycles. The lowest BCUT2D eigenvalue weighted by Gasteiger charge is -2.09. The minimum absolute atomic E-state index is 0.291. The highest BCUT2D eigenvalue weighted by Gasteiger charge is 2.11. The summed E-state index contributed by atoms with van der Waals surface area (Å²) < 4.78 is 4.88. The first kappa shape index (κ1) is 17.6. The van der Waals surface area contributed by atoms with Crippen LogP contribution in [-0.4, -0.2) is 37.1 Å². The molecular formula is C18H21N3O3. The van der Waals surface area contributed by atoms with Crippen LogP contribution in [0.25, 0.3) is 0 Å². The molecule has 0 unspecified atom stereocenters. The zero-order chi connectivity index (χ0) is 17.5. The largest absolute Gasteiger partial charge is 0.383 e. The van der Waals surface area contributed by atoms with Gasteiger partial charge in [-0.1, -0.05) is 6.07 Å². The molecule has 0 atom stereocenters. The van der Waals surface area contributed by atoms with Crippen molar-refractivity contribution in [3.63, 3.8) is 0 Å². The zero-order valence-corrected chi connectivity index (χ0v) is 14.1. The highest BCUT2D eigenvalue weighted by Crippen LogP contribution is 2.15. The van der Waals surface area contributed by atoms with Gasteiger partial charge in [0.25, 0.3) is 11.8 Å². The number of pyridine rings is 1. The number of amides is 2. The van der Waals surface area contributed by atoms with Gasteiger partial charge in [-0.25, -0.2) is 0 Å². The molecule has 2 N–H and O–H groups in total. The first-order valence-electron chi connectivity index (χ1n) is 7.61. The molecule has 6 nitrogen and oxygen atoms in total. The van der Waals surface area contributed by atoms with Crippen LogP contribution >= 0.6 is 0 Å². The van der Waals surface area contributed by atoms with Crippen molar-refractivity contribution >= 4 is 17.5 Å². The summed E-state index contributed by atoms with van der Waals surface area (Å²) in [6, 6.07) is 7.33. The van der Waals surface area contributed by atoms with Crippen LogP contribution in [0.1, 0.15) is 31.8 Å². The lowest BCUT2D eigenvalue weighted by Crippen LogP contribution is -2.27. The Bertz CT molecular complexity index is 724. The van der Waals surface area contributed by atoms with Crippen molar-refractivity contribution in [1.29, 1.82) is 0 Å². The average molecular weight is 327 g/mol. The number of nitrogens with one attached hydrogen (secondary N) is 2. The number of carbonyl (C=O) groups excluding carboxylic acids is 2. The van der Waals surface area contributed by atoms with E-state index in [2.05, 4.69) is 15.6 Å². The maximum atomic E-state index is 12.4. The van der Waals surface area contributed by atoms with Crippen LogP contribution in [-0.2, 0) is 4.74 Å². The Morgan fingerprint density at radius 2 is 1.62 bits per heavy atom. The number of methoxy groups -OCH3 is 1. The molecule has 2 amide bonds. The van der Waals surface area contributed by atoms with Gasteiger partial charge in [0, 0.05) is 31.7 Å². The number of ether oxygens (including phenoxy) is 1. The topological polar surface area (TPSA) is 80.3 Å². The summed E-state index contributed by atoms with van der Waals surface area (Å²) >= 11 is 0. The van der Waals surface area contributed by atoms with Gasteiger partial charge in [-0.3, -0.25) is 14.6 Å². The van der Waals surface area contributed by atoms with Crippen molar-refractivity contribution in [3.05, 3.63) is 58.9 Å². The highest BCUT2D eigenvalue weighted by molar-refractivity contribution is 6.05. The molecule has 6 heteroatoms. The molecule has 1 heterocycles. The Labute approximate surface area is 141 Å². The molecule has 0 aliphatic carbocycles. The lowest BCUT2D eigenvalue weighted by atomic mass is 10.1. The second-order valence-electron chi connectivity index (χ2n) is 5.54. The Balaban J connectivity index is 2.09. The summed E-state index contributed by atoms with van der Waals surface area (Å²) in [4.78, 5) is 28.4. The van der Waals surface area contributed by atoms with Gasteiger partial charge in [0.05, 0.1) is 17.7 Å². The molecule has 24 heavy (non-hydrogen) atoms. The number of hydrogen-bond acceptors (Lipinski definition) is 4. The Morgan fingerprint density at radius 3 is 2.25 bits per heavy atom. The van der Waals surface area contributed by atoms with E-state index in [1.807, 2.05) is 32.0 Å². The molecule has 1 aromatic heterocycles. The number of rotatable bonds is 6. The van der Waals surface area contributed by atoms with Crippen molar-refractivity contribution < 1.29 is 14.3 Å². The molecule has 2 rings (SSSR count). The van der Waals surface area contributed by atoms with Crippen LogP contribution in [0.5, 0.6) is 0 Å². The third-order valence-corrected chi connectivity index (χ3v) is 3.33. The molecule has 0 aliphatic heterocycles. The smallest absolute Gasteiger partial charge is 0.257 e. The van der Waals surface area contributed by atoms with Gasteiger partial charge in [0.1, 0.15) is 0 Å². The van der Waals surface area contributed by atoms with Crippen LogP contribution in [0.3, 0.4) is 0 Å². The number of anilines is 1. The molecule has 0 fully saturated rings. The van der Waals surface area contributed by atoms with Gasteiger partial charge in [-0.05, 0) is 43.2 Å². The Morgan fingerprint density at radius 1 is 1.00 bits per heavy atom. The molecular weight excluding hydrogens is 306 g/mol. The van der Waals surface area contributed by atoms with Gasteiger partial charge in [-0.15, -0.1) is 0 Å². The third kappa shape index (κ3) is 4.89. The maximum absolute atomic E-state index is 12.4. The lowest BCUT2D eigenvalue weighted by molar-refractivity contribution is 0.0936. The Hall–Kier alpha value is -2.73. The van der Waals surface area contributed by atoms with E-state index >= 15 is 0 Å². The normalized spacial score (nSPS) is 10.3. The number of nitrogens with zero attached hydrogens (tertiary/aromatic N) is 1. The summed E-state index contributed by atoms with van der Waals surface area (Å²) in [5, 5.41) is 5.52. The van der Waals surface area contributed by atoms with E-state index < -0.39 is 0 Å². The Kier molecular flexibility index (Phi) is 6.03. The van der Waals surface area contributed by atoms with E-state index in [1.165, 1.54) is 18.5 Å². The fraction of sp³-hybridized carbons (Fsp3) is 0.278. The van der Waals surface area contributed by atoms with Crippen LogP contribution in [0.2, 0.25) is 0 Å². The summed E-state index contributed by atoms with van der Waals surface area (Å²) in [7, 11) is 1.56.